The van der Waals surface area contributed by atoms with Crippen LogP contribution in [-0.2, 0) is 14.4 Å². The molecular weight excluding hydrogens is 360 g/mol. The maximum absolute atomic E-state index is 11.7. The molecule has 6 nitrogen and oxygen atoms in total. The zero-order valence-electron chi connectivity index (χ0n) is 16.2. The predicted molar refractivity (Wildman–Crippen MR) is 98.3 cm³/mol. The second-order valence-electron chi connectivity index (χ2n) is 11.1. The Morgan fingerprint density at radius 2 is 1.21 bits per heavy atom. The minimum Gasteiger partial charge on any atom is -0.481 e. The molecule has 0 radical (unpaired) electrons. The summed E-state index contributed by atoms with van der Waals surface area (Å²) in [5.41, 5.74) is -1.73. The fourth-order valence-corrected chi connectivity index (χ4v) is 8.47. The topological polar surface area (TPSA) is 112 Å². The number of aliphatic hydroxyl groups is 1. The van der Waals surface area contributed by atoms with Gasteiger partial charge in [-0.3, -0.25) is 14.4 Å². The highest BCUT2D eigenvalue weighted by atomic mass is 16.4. The number of Topliss-reactive ketones (excluding diaryl/α,β-unsaturated/α-hetero) is 1. The Bertz CT molecular complexity index is 709. The zero-order chi connectivity index (χ0) is 19.9. The molecule has 154 valence electrons. The molecule has 0 aromatic heterocycles. The second-order valence-corrected chi connectivity index (χ2v) is 11.1. The van der Waals surface area contributed by atoms with Gasteiger partial charge in [0.2, 0.25) is 0 Å². The largest absolute Gasteiger partial charge is 0.481 e. The molecule has 8 saturated carbocycles. The number of hydrogen-bond acceptors (Lipinski definition) is 4. The van der Waals surface area contributed by atoms with Gasteiger partial charge in [-0.15, -0.1) is 0 Å². The number of carbonyl (C=O) groups is 3. The number of hydrogen-bond donors (Lipinski definition) is 3. The van der Waals surface area contributed by atoms with Crippen molar-refractivity contribution < 1.29 is 29.7 Å². The average molecular weight is 390 g/mol. The van der Waals surface area contributed by atoms with Gasteiger partial charge in [0.1, 0.15) is 5.78 Å². The summed E-state index contributed by atoms with van der Waals surface area (Å²) in [4.78, 5) is 34.3. The molecule has 0 saturated heterocycles. The molecule has 0 aromatic carbocycles. The summed E-state index contributed by atoms with van der Waals surface area (Å²) in [6.07, 6.45) is 8.94. The molecule has 4 atom stereocenters. The Labute approximate surface area is 164 Å². The zero-order valence-corrected chi connectivity index (χ0v) is 16.2. The first-order valence-electron chi connectivity index (χ1n) is 10.8. The van der Waals surface area contributed by atoms with Crippen LogP contribution >= 0.6 is 0 Å². The van der Waals surface area contributed by atoms with Crippen molar-refractivity contribution >= 4 is 17.7 Å². The lowest BCUT2D eigenvalue weighted by molar-refractivity contribution is -0.191. The van der Waals surface area contributed by atoms with Crippen LogP contribution in [0.25, 0.3) is 0 Å². The van der Waals surface area contributed by atoms with E-state index in [0.717, 1.165) is 51.4 Å². The van der Waals surface area contributed by atoms with Crippen molar-refractivity contribution in [1.29, 1.82) is 0 Å². The van der Waals surface area contributed by atoms with Crippen LogP contribution in [0.2, 0.25) is 0 Å². The molecule has 0 heterocycles. The number of carbonyl (C=O) groups excluding carboxylic acids is 1. The third-order valence-electron chi connectivity index (χ3n) is 8.93. The summed E-state index contributed by atoms with van der Waals surface area (Å²) >= 11 is 0. The summed E-state index contributed by atoms with van der Waals surface area (Å²) < 4.78 is 0. The van der Waals surface area contributed by atoms with Gasteiger partial charge in [-0.25, -0.2) is 0 Å². The maximum Gasteiger partial charge on any atom is 0.309 e. The van der Waals surface area contributed by atoms with Crippen molar-refractivity contribution in [3.05, 3.63) is 0 Å². The first-order chi connectivity index (χ1) is 13.1. The first-order valence-corrected chi connectivity index (χ1v) is 10.8. The molecule has 6 heteroatoms. The molecule has 0 amide bonds. The van der Waals surface area contributed by atoms with Gasteiger partial charge in [-0.2, -0.15) is 0 Å². The first kappa shape index (κ1) is 18.6. The molecular formula is C22H30O6. The highest BCUT2D eigenvalue weighted by Gasteiger charge is 2.60. The predicted octanol–water partition coefficient (Wildman–Crippen LogP) is 2.87. The molecule has 0 aromatic rings. The van der Waals surface area contributed by atoms with Crippen molar-refractivity contribution in [2.24, 2.45) is 40.4 Å². The van der Waals surface area contributed by atoms with Gasteiger partial charge < -0.3 is 15.3 Å². The van der Waals surface area contributed by atoms with E-state index in [0.29, 0.717) is 42.8 Å². The number of carboxylic acids is 2. The molecule has 28 heavy (non-hydrogen) atoms. The van der Waals surface area contributed by atoms with Crippen molar-refractivity contribution in [2.45, 2.75) is 76.2 Å². The molecule has 0 aliphatic heterocycles. The van der Waals surface area contributed by atoms with E-state index >= 15 is 0 Å². The van der Waals surface area contributed by atoms with Crippen LogP contribution in [0.3, 0.4) is 0 Å². The third kappa shape index (κ3) is 2.66. The monoisotopic (exact) mass is 390 g/mol. The summed E-state index contributed by atoms with van der Waals surface area (Å²) in [7, 11) is 0. The lowest BCUT2D eigenvalue weighted by Crippen LogP contribution is -2.58. The lowest BCUT2D eigenvalue weighted by atomic mass is 9.48. The molecule has 4 unspecified atom stereocenters. The van der Waals surface area contributed by atoms with E-state index in [9.17, 15) is 29.7 Å². The lowest BCUT2D eigenvalue weighted by Gasteiger charge is -2.58. The Kier molecular flexibility index (Phi) is 3.85. The van der Waals surface area contributed by atoms with Gasteiger partial charge in [0.05, 0.1) is 16.4 Å². The number of carboxylic acid groups (broad SMARTS) is 2. The van der Waals surface area contributed by atoms with E-state index in [1.165, 1.54) is 0 Å². The van der Waals surface area contributed by atoms with Crippen molar-refractivity contribution in [3.63, 3.8) is 0 Å². The van der Waals surface area contributed by atoms with Crippen LogP contribution in [0, 0.1) is 40.4 Å². The molecule has 8 fully saturated rings. The van der Waals surface area contributed by atoms with Crippen LogP contribution in [0.1, 0.15) is 70.6 Å². The Morgan fingerprint density at radius 1 is 0.714 bits per heavy atom. The Balaban J connectivity index is 0.000000122. The van der Waals surface area contributed by atoms with Crippen molar-refractivity contribution in [3.8, 4) is 0 Å². The van der Waals surface area contributed by atoms with Gasteiger partial charge in [-0.1, -0.05) is 0 Å². The van der Waals surface area contributed by atoms with Gasteiger partial charge >= 0.3 is 11.9 Å². The number of rotatable bonds is 2. The normalized spacial score (nSPS) is 52.3. The van der Waals surface area contributed by atoms with Gasteiger partial charge in [0.25, 0.3) is 0 Å². The van der Waals surface area contributed by atoms with Crippen LogP contribution in [0.4, 0.5) is 0 Å². The molecule has 8 rings (SSSR count). The Morgan fingerprint density at radius 3 is 1.68 bits per heavy atom. The fourth-order valence-electron chi connectivity index (χ4n) is 8.47. The van der Waals surface area contributed by atoms with E-state index in [1.807, 2.05) is 0 Å². The van der Waals surface area contributed by atoms with E-state index < -0.39 is 28.4 Å². The minimum absolute atomic E-state index is 0.0809. The van der Waals surface area contributed by atoms with Gasteiger partial charge in [-0.05, 0) is 88.4 Å². The number of ketones is 1. The van der Waals surface area contributed by atoms with Gasteiger partial charge in [0.15, 0.2) is 0 Å². The maximum atomic E-state index is 11.7. The van der Waals surface area contributed by atoms with E-state index in [4.69, 9.17) is 0 Å². The minimum atomic E-state index is -0.676. The highest BCUT2D eigenvalue weighted by molar-refractivity contribution is 5.89. The smallest absolute Gasteiger partial charge is 0.309 e. The number of aliphatic carboxylic acids is 2. The molecule has 0 spiro atoms. The molecule has 8 bridgehead atoms. The van der Waals surface area contributed by atoms with Crippen molar-refractivity contribution in [2.75, 3.05) is 0 Å². The van der Waals surface area contributed by atoms with Crippen LogP contribution in [0.5, 0.6) is 0 Å². The Hall–Kier alpha value is -1.43. The van der Waals surface area contributed by atoms with Crippen LogP contribution in [0.15, 0.2) is 0 Å². The van der Waals surface area contributed by atoms with Gasteiger partial charge in [0, 0.05) is 11.8 Å². The average Bonchev–Trinajstić information content (AvgIpc) is 2.57. The SMILES string of the molecule is O=C(O)C12CC3CC(CC(O)(C3)C1)C2.O=C1C2CC3CC1CC(C(=O)O)(C3)C2. The van der Waals surface area contributed by atoms with E-state index in [-0.39, 0.29) is 11.8 Å². The highest BCUT2D eigenvalue weighted by Crippen LogP contribution is 2.61. The summed E-state index contributed by atoms with van der Waals surface area (Å²) in [5.74, 6) is 0.637. The summed E-state index contributed by atoms with van der Waals surface area (Å²) in [5, 5.41) is 28.8. The molecule has 8 aliphatic rings. The second kappa shape index (κ2) is 5.80. The molecule has 3 N–H and O–H groups in total. The van der Waals surface area contributed by atoms with E-state index in [1.54, 1.807) is 0 Å². The quantitative estimate of drug-likeness (QED) is 0.668. The van der Waals surface area contributed by atoms with Crippen LogP contribution < -0.4 is 0 Å². The third-order valence-corrected chi connectivity index (χ3v) is 8.93. The van der Waals surface area contributed by atoms with Crippen LogP contribution in [-0.4, -0.2) is 38.6 Å². The van der Waals surface area contributed by atoms with E-state index in [2.05, 4.69) is 0 Å². The summed E-state index contributed by atoms with van der Waals surface area (Å²) in [6.45, 7) is 0. The molecule has 8 aliphatic carbocycles. The standard InChI is InChI=1S/C11H16O3.C11H14O3/c12-9(13)10-2-7-1-8(3-10)5-11(14,4-7)6-10;12-9-7-1-6-2-8(9)5-11(3-6,4-7)10(13)14/h7-8,14H,1-6H2,(H,12,13);6-8H,1-5H2,(H,13,14). The fraction of sp³-hybridized carbons (Fsp3) is 0.864. The summed E-state index contributed by atoms with van der Waals surface area (Å²) in [6, 6.07) is 0. The van der Waals surface area contributed by atoms with Crippen molar-refractivity contribution in [1.82, 2.24) is 0 Å².